The lowest BCUT2D eigenvalue weighted by atomic mass is 9.89. The van der Waals surface area contributed by atoms with Crippen molar-refractivity contribution < 1.29 is 14.4 Å². The van der Waals surface area contributed by atoms with Gasteiger partial charge < -0.3 is 20.5 Å². The van der Waals surface area contributed by atoms with Gasteiger partial charge >= 0.3 is 0 Å². The smallest absolute Gasteiger partial charge is 0.255 e. The fraction of sp³-hybridized carbons (Fsp3) is 0.433. The van der Waals surface area contributed by atoms with Crippen molar-refractivity contribution in [3.8, 4) is 0 Å². The number of para-hydroxylation sites is 1. The van der Waals surface area contributed by atoms with Crippen LogP contribution in [0.1, 0.15) is 72.2 Å². The van der Waals surface area contributed by atoms with Crippen LogP contribution in [-0.4, -0.2) is 58.2 Å². The Kier molecular flexibility index (Phi) is 8.07. The largest absolute Gasteiger partial charge is 0.356 e. The number of aromatic nitrogens is 1. The van der Waals surface area contributed by atoms with Crippen molar-refractivity contribution in [2.75, 3.05) is 18.6 Å². The van der Waals surface area contributed by atoms with Crippen molar-refractivity contribution in [1.82, 2.24) is 20.5 Å². The summed E-state index contributed by atoms with van der Waals surface area (Å²) in [4.78, 5) is 45.9. The fourth-order valence-electron chi connectivity index (χ4n) is 5.80. The number of rotatable bonds is 11. The Labute approximate surface area is 228 Å². The highest BCUT2D eigenvalue weighted by Gasteiger charge is 2.49. The van der Waals surface area contributed by atoms with Crippen LogP contribution < -0.4 is 10.6 Å². The van der Waals surface area contributed by atoms with Crippen LogP contribution in [0.5, 0.6) is 0 Å². The molecule has 5 rings (SSSR count). The molecule has 2 aromatic carbocycles. The zero-order chi connectivity index (χ0) is 26.6. The number of H-pyrrole nitrogens is 1. The number of aromatic amines is 1. The zero-order valence-electron chi connectivity index (χ0n) is 22.1. The fourth-order valence-corrected chi connectivity index (χ4v) is 6.27. The van der Waals surface area contributed by atoms with Crippen LogP contribution >= 0.6 is 11.8 Å². The molecule has 3 aromatic rings. The number of carbonyl (C=O) groups excluding carboxylic acids is 3. The van der Waals surface area contributed by atoms with Crippen LogP contribution in [0, 0.1) is 0 Å². The maximum absolute atomic E-state index is 13.9. The molecule has 0 radical (unpaired) electrons. The van der Waals surface area contributed by atoms with E-state index in [-0.39, 0.29) is 23.8 Å². The number of hydrogen-bond acceptors (Lipinski definition) is 4. The second kappa shape index (κ2) is 11.6. The number of amides is 3. The Bertz CT molecular complexity index is 1340. The predicted molar refractivity (Wildman–Crippen MR) is 152 cm³/mol. The molecular formula is C30H36N4O3S. The van der Waals surface area contributed by atoms with E-state index < -0.39 is 12.1 Å². The summed E-state index contributed by atoms with van der Waals surface area (Å²) >= 11 is 1.65. The Hall–Kier alpha value is -3.26. The Morgan fingerprint density at radius 2 is 1.89 bits per heavy atom. The van der Waals surface area contributed by atoms with Gasteiger partial charge in [0.2, 0.25) is 11.8 Å². The monoisotopic (exact) mass is 532 g/mol. The molecule has 3 atom stereocenters. The molecule has 0 unspecified atom stereocenters. The van der Waals surface area contributed by atoms with Gasteiger partial charge in [0.15, 0.2) is 0 Å². The van der Waals surface area contributed by atoms with Crippen LogP contribution in [-0.2, 0) is 16.0 Å². The molecule has 200 valence electrons. The van der Waals surface area contributed by atoms with Crippen LogP contribution in [0.2, 0.25) is 0 Å². The number of benzene rings is 2. The van der Waals surface area contributed by atoms with Gasteiger partial charge in [-0.3, -0.25) is 14.4 Å². The first-order valence-corrected chi connectivity index (χ1v) is 15.0. The molecular weight excluding hydrogens is 496 g/mol. The van der Waals surface area contributed by atoms with E-state index in [1.807, 2.05) is 48.7 Å². The summed E-state index contributed by atoms with van der Waals surface area (Å²) in [6, 6.07) is 14.0. The lowest BCUT2D eigenvalue weighted by Crippen LogP contribution is -2.56. The Morgan fingerprint density at radius 1 is 1.11 bits per heavy atom. The molecule has 2 aliphatic heterocycles. The van der Waals surface area contributed by atoms with Crippen LogP contribution in [0.3, 0.4) is 0 Å². The predicted octanol–water partition coefficient (Wildman–Crippen LogP) is 4.57. The SMILES string of the molecule is CCCCCCNC(=O)[C@H](CCSC)NC(=O)[C@H]1Cc2c([nH]c3ccccc23)[C@@H]2c3ccccc3C(=O)N21. The van der Waals surface area contributed by atoms with Gasteiger partial charge in [-0.2, -0.15) is 11.8 Å². The average Bonchev–Trinajstić information content (AvgIpc) is 3.45. The molecule has 38 heavy (non-hydrogen) atoms. The molecule has 0 bridgehead atoms. The van der Waals surface area contributed by atoms with Gasteiger partial charge in [0.25, 0.3) is 5.91 Å². The molecule has 0 spiro atoms. The van der Waals surface area contributed by atoms with Crippen molar-refractivity contribution >= 4 is 40.4 Å². The number of carbonyl (C=O) groups is 3. The van der Waals surface area contributed by atoms with E-state index in [9.17, 15) is 14.4 Å². The summed E-state index contributed by atoms with van der Waals surface area (Å²) in [6.45, 7) is 2.76. The summed E-state index contributed by atoms with van der Waals surface area (Å²) < 4.78 is 0. The minimum Gasteiger partial charge on any atom is -0.356 e. The van der Waals surface area contributed by atoms with Crippen molar-refractivity contribution in [3.63, 3.8) is 0 Å². The summed E-state index contributed by atoms with van der Waals surface area (Å²) in [5.41, 5.74) is 4.57. The third kappa shape index (κ3) is 4.94. The topological polar surface area (TPSA) is 94.3 Å². The van der Waals surface area contributed by atoms with E-state index >= 15 is 0 Å². The first kappa shape index (κ1) is 26.4. The van der Waals surface area contributed by atoms with Gasteiger partial charge in [0.05, 0.1) is 6.04 Å². The summed E-state index contributed by atoms with van der Waals surface area (Å²) in [5, 5.41) is 7.12. The third-order valence-electron chi connectivity index (χ3n) is 7.73. The second-order valence-corrected chi connectivity index (χ2v) is 11.2. The standard InChI is InChI=1S/C30H36N4O3S/c1-3-4-5-10-16-31-28(35)24(15-17-38-2)33-29(36)25-18-22-19-11-8-9-14-23(19)32-26(22)27-20-12-6-7-13-21(20)30(37)34(25)27/h6-9,11-14,24-25,27,32H,3-5,10,15-18H2,1-2H3,(H,31,35)(H,33,36)/t24-,25+,27-/m0/s1. The van der Waals surface area contributed by atoms with Crippen molar-refractivity contribution in [2.45, 2.75) is 63.6 Å². The Morgan fingerprint density at radius 3 is 2.71 bits per heavy atom. The average molecular weight is 533 g/mol. The summed E-state index contributed by atoms with van der Waals surface area (Å²) in [5.74, 6) is 0.179. The molecule has 7 nitrogen and oxygen atoms in total. The van der Waals surface area contributed by atoms with E-state index in [1.54, 1.807) is 16.7 Å². The van der Waals surface area contributed by atoms with Crippen LogP contribution in [0.25, 0.3) is 10.9 Å². The van der Waals surface area contributed by atoms with Gasteiger partial charge in [-0.25, -0.2) is 0 Å². The quantitative estimate of drug-likeness (QED) is 0.315. The highest BCUT2D eigenvalue weighted by Crippen LogP contribution is 2.46. The third-order valence-corrected chi connectivity index (χ3v) is 8.37. The first-order valence-electron chi connectivity index (χ1n) is 13.6. The number of thioether (sulfide) groups is 1. The zero-order valence-corrected chi connectivity index (χ0v) is 22.9. The number of hydrogen-bond donors (Lipinski definition) is 3. The minimum absolute atomic E-state index is 0.143. The summed E-state index contributed by atoms with van der Waals surface area (Å²) in [7, 11) is 0. The molecule has 0 aliphatic carbocycles. The van der Waals surface area contributed by atoms with Gasteiger partial charge in [-0.05, 0) is 48.1 Å². The molecule has 3 N–H and O–H groups in total. The Balaban J connectivity index is 1.42. The van der Waals surface area contributed by atoms with Gasteiger partial charge in [0.1, 0.15) is 12.1 Å². The second-order valence-electron chi connectivity index (χ2n) is 10.2. The molecule has 3 heterocycles. The molecule has 3 amide bonds. The lowest BCUT2D eigenvalue weighted by molar-refractivity contribution is -0.132. The molecule has 1 aromatic heterocycles. The number of nitrogens with zero attached hydrogens (tertiary/aromatic N) is 1. The molecule has 8 heteroatoms. The highest BCUT2D eigenvalue weighted by atomic mass is 32.2. The van der Waals surface area contributed by atoms with E-state index in [0.717, 1.165) is 59.2 Å². The van der Waals surface area contributed by atoms with Crippen LogP contribution in [0.15, 0.2) is 48.5 Å². The molecule has 0 fully saturated rings. The lowest BCUT2D eigenvalue weighted by Gasteiger charge is -2.37. The van der Waals surface area contributed by atoms with Gasteiger partial charge in [-0.15, -0.1) is 0 Å². The maximum atomic E-state index is 13.9. The molecule has 0 saturated carbocycles. The number of fused-ring (bicyclic) bond motifs is 7. The molecule has 2 aliphatic rings. The highest BCUT2D eigenvalue weighted by molar-refractivity contribution is 7.98. The minimum atomic E-state index is -0.708. The normalized spacial score (nSPS) is 18.6. The first-order chi connectivity index (χ1) is 18.5. The van der Waals surface area contributed by atoms with Crippen molar-refractivity contribution in [1.29, 1.82) is 0 Å². The number of unbranched alkanes of at least 4 members (excludes halogenated alkanes) is 3. The maximum Gasteiger partial charge on any atom is 0.255 e. The summed E-state index contributed by atoms with van der Waals surface area (Å²) in [6.07, 6.45) is 7.22. The van der Waals surface area contributed by atoms with Gasteiger partial charge in [0, 0.05) is 35.1 Å². The van der Waals surface area contributed by atoms with Crippen molar-refractivity contribution in [3.05, 3.63) is 70.9 Å². The van der Waals surface area contributed by atoms with E-state index in [1.165, 1.54) is 0 Å². The van der Waals surface area contributed by atoms with Crippen molar-refractivity contribution in [2.24, 2.45) is 0 Å². The van der Waals surface area contributed by atoms with E-state index in [0.29, 0.717) is 24.9 Å². The van der Waals surface area contributed by atoms with Crippen LogP contribution in [0.4, 0.5) is 0 Å². The molecule has 0 saturated heterocycles. The van der Waals surface area contributed by atoms with E-state index in [4.69, 9.17) is 0 Å². The van der Waals surface area contributed by atoms with E-state index in [2.05, 4.69) is 28.6 Å². The van der Waals surface area contributed by atoms with Gasteiger partial charge in [-0.1, -0.05) is 62.6 Å². The number of nitrogens with one attached hydrogen (secondary N) is 3.